The van der Waals surface area contributed by atoms with E-state index in [1.807, 2.05) is 0 Å². The third-order valence-corrected chi connectivity index (χ3v) is 4.17. The fourth-order valence-electron chi connectivity index (χ4n) is 3.00. The second kappa shape index (κ2) is 5.65. The van der Waals surface area contributed by atoms with E-state index in [4.69, 9.17) is 5.73 Å². The van der Waals surface area contributed by atoms with Gasteiger partial charge in [0.1, 0.15) is 0 Å². The van der Waals surface area contributed by atoms with Gasteiger partial charge in [0.25, 0.3) is 0 Å². The zero-order valence-corrected chi connectivity index (χ0v) is 10.9. The average molecular weight is 266 g/mol. The maximum absolute atomic E-state index is 14.1. The van der Waals surface area contributed by atoms with Crippen molar-refractivity contribution in [1.29, 1.82) is 0 Å². The summed E-state index contributed by atoms with van der Waals surface area (Å²) in [4.78, 5) is 10.1. The average Bonchev–Trinajstić information content (AvgIpc) is 2.42. The van der Waals surface area contributed by atoms with Gasteiger partial charge >= 0.3 is 5.69 Å². The quantitative estimate of drug-likeness (QED) is 0.672. The second-order valence-electron chi connectivity index (χ2n) is 5.45. The molecule has 1 fully saturated rings. The first-order valence-electron chi connectivity index (χ1n) is 6.70. The lowest BCUT2D eigenvalue weighted by atomic mass is 9.70. The summed E-state index contributed by atoms with van der Waals surface area (Å²) < 4.78 is 14.1. The first-order chi connectivity index (χ1) is 9.08. The first-order valence-corrected chi connectivity index (χ1v) is 6.70. The standard InChI is InChI=1S/C14H19FN2O2/c15-13-11(5-4-6-12(13)17(18)19)9-14(10-16)7-2-1-3-8-14/h4-6H,1-3,7-10,16H2. The molecular formula is C14H19FN2O2. The van der Waals surface area contributed by atoms with E-state index >= 15 is 0 Å². The Labute approximate surface area is 112 Å². The molecule has 2 rings (SSSR count). The largest absolute Gasteiger partial charge is 0.330 e. The highest BCUT2D eigenvalue weighted by Gasteiger charge is 2.32. The summed E-state index contributed by atoms with van der Waals surface area (Å²) in [5.74, 6) is -0.703. The Bertz CT molecular complexity index is 471. The van der Waals surface area contributed by atoms with Gasteiger partial charge in [0.2, 0.25) is 5.82 Å². The Morgan fingerprint density at radius 2 is 2.00 bits per heavy atom. The Balaban J connectivity index is 2.27. The van der Waals surface area contributed by atoms with E-state index in [2.05, 4.69) is 0 Å². The van der Waals surface area contributed by atoms with Crippen molar-refractivity contribution >= 4 is 5.69 Å². The van der Waals surface area contributed by atoms with Crippen LogP contribution in [-0.2, 0) is 6.42 Å². The van der Waals surface area contributed by atoms with Gasteiger partial charge in [-0.05, 0) is 36.8 Å². The molecule has 0 saturated heterocycles. The molecule has 0 amide bonds. The zero-order chi connectivity index (χ0) is 13.9. The summed E-state index contributed by atoms with van der Waals surface area (Å²) in [6.45, 7) is 0.509. The summed E-state index contributed by atoms with van der Waals surface area (Å²) >= 11 is 0. The van der Waals surface area contributed by atoms with Gasteiger partial charge in [-0.1, -0.05) is 31.4 Å². The third-order valence-electron chi connectivity index (χ3n) is 4.17. The highest BCUT2D eigenvalue weighted by atomic mass is 19.1. The number of nitrogens with zero attached hydrogens (tertiary/aromatic N) is 1. The van der Waals surface area contributed by atoms with E-state index in [1.54, 1.807) is 12.1 Å². The topological polar surface area (TPSA) is 69.2 Å². The zero-order valence-electron chi connectivity index (χ0n) is 10.9. The van der Waals surface area contributed by atoms with Crippen molar-refractivity contribution in [2.45, 2.75) is 38.5 Å². The molecule has 0 radical (unpaired) electrons. The van der Waals surface area contributed by atoms with Gasteiger partial charge in [-0.25, -0.2) is 0 Å². The molecular weight excluding hydrogens is 247 g/mol. The van der Waals surface area contributed by atoms with Gasteiger partial charge in [-0.15, -0.1) is 0 Å². The summed E-state index contributed by atoms with van der Waals surface area (Å²) in [6, 6.07) is 4.38. The van der Waals surface area contributed by atoms with E-state index < -0.39 is 16.4 Å². The molecule has 4 nitrogen and oxygen atoms in total. The van der Waals surface area contributed by atoms with E-state index in [1.165, 1.54) is 12.5 Å². The fraction of sp³-hybridized carbons (Fsp3) is 0.571. The molecule has 1 aromatic rings. The monoisotopic (exact) mass is 266 g/mol. The van der Waals surface area contributed by atoms with Crippen molar-refractivity contribution in [2.24, 2.45) is 11.1 Å². The number of nitrogens with two attached hydrogens (primary N) is 1. The van der Waals surface area contributed by atoms with Crippen LogP contribution in [0, 0.1) is 21.3 Å². The summed E-state index contributed by atoms with van der Waals surface area (Å²) in [5, 5.41) is 10.8. The van der Waals surface area contributed by atoms with Crippen molar-refractivity contribution in [3.8, 4) is 0 Å². The predicted octanol–water partition coefficient (Wildman–Crippen LogP) is 3.19. The van der Waals surface area contributed by atoms with Crippen LogP contribution in [0.5, 0.6) is 0 Å². The number of benzene rings is 1. The van der Waals surface area contributed by atoms with Gasteiger partial charge in [0.05, 0.1) is 4.92 Å². The first kappa shape index (κ1) is 13.9. The molecule has 5 heteroatoms. The Kier molecular flexibility index (Phi) is 4.14. The van der Waals surface area contributed by atoms with Crippen molar-refractivity contribution < 1.29 is 9.31 Å². The van der Waals surface area contributed by atoms with E-state index in [0.29, 0.717) is 18.5 Å². The van der Waals surface area contributed by atoms with Crippen LogP contribution in [0.15, 0.2) is 18.2 Å². The minimum Gasteiger partial charge on any atom is -0.330 e. The van der Waals surface area contributed by atoms with Gasteiger partial charge in [-0.3, -0.25) is 10.1 Å². The molecule has 1 aliphatic carbocycles. The van der Waals surface area contributed by atoms with Crippen molar-refractivity contribution in [3.63, 3.8) is 0 Å². The van der Waals surface area contributed by atoms with Crippen LogP contribution in [0.2, 0.25) is 0 Å². The minimum absolute atomic E-state index is 0.0890. The lowest BCUT2D eigenvalue weighted by molar-refractivity contribution is -0.387. The third kappa shape index (κ3) is 2.92. The van der Waals surface area contributed by atoms with Crippen LogP contribution in [-0.4, -0.2) is 11.5 Å². The van der Waals surface area contributed by atoms with Crippen LogP contribution in [0.25, 0.3) is 0 Å². The van der Waals surface area contributed by atoms with E-state index in [-0.39, 0.29) is 5.41 Å². The number of rotatable bonds is 4. The van der Waals surface area contributed by atoms with Crippen LogP contribution >= 0.6 is 0 Å². The molecule has 19 heavy (non-hydrogen) atoms. The maximum atomic E-state index is 14.1. The van der Waals surface area contributed by atoms with E-state index in [9.17, 15) is 14.5 Å². The number of hydrogen-bond acceptors (Lipinski definition) is 3. The van der Waals surface area contributed by atoms with Gasteiger partial charge in [0.15, 0.2) is 0 Å². The Morgan fingerprint density at radius 3 is 2.58 bits per heavy atom. The molecule has 1 aromatic carbocycles. The molecule has 0 aliphatic heterocycles. The molecule has 0 atom stereocenters. The molecule has 0 unspecified atom stereocenters. The van der Waals surface area contributed by atoms with Crippen molar-refractivity contribution in [2.75, 3.05) is 6.54 Å². The Hall–Kier alpha value is -1.49. The predicted molar refractivity (Wildman–Crippen MR) is 71.3 cm³/mol. The SMILES string of the molecule is NCC1(Cc2cccc([N+](=O)[O-])c2F)CCCCC1. The normalized spacial score (nSPS) is 18.2. The molecule has 2 N–H and O–H groups in total. The lowest BCUT2D eigenvalue weighted by Crippen LogP contribution is -2.35. The molecule has 0 bridgehead atoms. The van der Waals surface area contributed by atoms with E-state index in [0.717, 1.165) is 25.7 Å². The molecule has 0 spiro atoms. The van der Waals surface area contributed by atoms with Crippen molar-refractivity contribution in [1.82, 2.24) is 0 Å². The van der Waals surface area contributed by atoms with Gasteiger partial charge in [0, 0.05) is 6.07 Å². The number of nitro groups is 1. The van der Waals surface area contributed by atoms with Crippen LogP contribution < -0.4 is 5.73 Å². The van der Waals surface area contributed by atoms with Crippen molar-refractivity contribution in [3.05, 3.63) is 39.7 Å². The van der Waals surface area contributed by atoms with Gasteiger partial charge in [-0.2, -0.15) is 4.39 Å². The number of nitro benzene ring substituents is 1. The van der Waals surface area contributed by atoms with Crippen LogP contribution in [0.4, 0.5) is 10.1 Å². The lowest BCUT2D eigenvalue weighted by Gasteiger charge is -2.36. The highest BCUT2D eigenvalue weighted by molar-refractivity contribution is 5.37. The molecule has 1 saturated carbocycles. The van der Waals surface area contributed by atoms with Crippen LogP contribution in [0.1, 0.15) is 37.7 Å². The fourth-order valence-corrected chi connectivity index (χ4v) is 3.00. The molecule has 104 valence electrons. The molecule has 0 heterocycles. The van der Waals surface area contributed by atoms with Gasteiger partial charge < -0.3 is 5.73 Å². The molecule has 0 aromatic heterocycles. The summed E-state index contributed by atoms with van der Waals surface area (Å²) in [6.07, 6.45) is 5.86. The molecule has 1 aliphatic rings. The highest BCUT2D eigenvalue weighted by Crippen LogP contribution is 2.39. The summed E-state index contributed by atoms with van der Waals surface area (Å²) in [7, 11) is 0. The minimum atomic E-state index is -0.703. The summed E-state index contributed by atoms with van der Waals surface area (Å²) in [5.41, 5.74) is 5.76. The maximum Gasteiger partial charge on any atom is 0.305 e. The number of hydrogen-bond donors (Lipinski definition) is 1. The smallest absolute Gasteiger partial charge is 0.305 e. The Morgan fingerprint density at radius 1 is 1.32 bits per heavy atom. The second-order valence-corrected chi connectivity index (χ2v) is 5.45. The van der Waals surface area contributed by atoms with Crippen LogP contribution in [0.3, 0.4) is 0 Å². The number of halogens is 1.